The van der Waals surface area contributed by atoms with Gasteiger partial charge in [0.25, 0.3) is 5.91 Å². The normalized spacial score (nSPS) is 12.3. The average Bonchev–Trinajstić information content (AvgIpc) is 2.42. The van der Waals surface area contributed by atoms with Crippen LogP contribution in [0.3, 0.4) is 0 Å². The molecule has 1 unspecified atom stereocenters. The highest BCUT2D eigenvalue weighted by molar-refractivity contribution is 5.77. The minimum atomic E-state index is -0.282. The van der Waals surface area contributed by atoms with Crippen molar-refractivity contribution < 1.29 is 14.6 Å². The van der Waals surface area contributed by atoms with Crippen molar-refractivity contribution in [1.82, 2.24) is 4.90 Å². The van der Waals surface area contributed by atoms with Gasteiger partial charge in [-0.05, 0) is 51.3 Å². The number of likely N-dealkylation sites (N-methyl/N-ethyl adjacent to an activating group) is 1. The molecule has 0 aliphatic heterocycles. The van der Waals surface area contributed by atoms with Crippen molar-refractivity contribution in [3.8, 4) is 5.75 Å². The summed E-state index contributed by atoms with van der Waals surface area (Å²) in [4.78, 5) is 13.4. The van der Waals surface area contributed by atoms with Gasteiger partial charge in [0.2, 0.25) is 0 Å². The highest BCUT2D eigenvalue weighted by Crippen LogP contribution is 2.14. The molecule has 4 nitrogen and oxygen atoms in total. The van der Waals surface area contributed by atoms with Gasteiger partial charge >= 0.3 is 0 Å². The van der Waals surface area contributed by atoms with E-state index >= 15 is 0 Å². The Morgan fingerprint density at radius 3 is 2.35 bits per heavy atom. The highest BCUT2D eigenvalue weighted by atomic mass is 16.5. The minimum absolute atomic E-state index is 0.0295. The lowest BCUT2D eigenvalue weighted by atomic mass is 10.1. The van der Waals surface area contributed by atoms with E-state index in [-0.39, 0.29) is 24.7 Å². The molecule has 1 aromatic carbocycles. The van der Waals surface area contributed by atoms with Gasteiger partial charge in [0.1, 0.15) is 5.75 Å². The van der Waals surface area contributed by atoms with Crippen LogP contribution in [0, 0.1) is 0 Å². The van der Waals surface area contributed by atoms with Crippen LogP contribution in [0.25, 0.3) is 0 Å². The van der Waals surface area contributed by atoms with Crippen molar-refractivity contribution in [2.45, 2.75) is 45.8 Å². The molecular formula is C16H25NO3. The summed E-state index contributed by atoms with van der Waals surface area (Å²) < 4.78 is 5.48. The van der Waals surface area contributed by atoms with Gasteiger partial charge in [-0.25, -0.2) is 0 Å². The Morgan fingerprint density at radius 1 is 1.25 bits per heavy atom. The van der Waals surface area contributed by atoms with Crippen molar-refractivity contribution in [3.63, 3.8) is 0 Å². The third kappa shape index (κ3) is 5.61. The number of benzene rings is 1. The number of rotatable bonds is 7. The third-order valence-corrected chi connectivity index (χ3v) is 3.30. The lowest BCUT2D eigenvalue weighted by Crippen LogP contribution is -2.36. The zero-order valence-electron chi connectivity index (χ0n) is 12.8. The van der Waals surface area contributed by atoms with Crippen molar-refractivity contribution >= 4 is 5.91 Å². The first-order valence-corrected chi connectivity index (χ1v) is 7.05. The number of hydrogen-bond acceptors (Lipinski definition) is 3. The number of aryl methyl sites for hydroxylation is 1. The van der Waals surface area contributed by atoms with E-state index < -0.39 is 0 Å². The molecule has 0 saturated heterocycles. The third-order valence-electron chi connectivity index (χ3n) is 3.30. The van der Waals surface area contributed by atoms with E-state index in [0.717, 1.165) is 18.4 Å². The van der Waals surface area contributed by atoms with Crippen LogP contribution in [0.1, 0.15) is 32.8 Å². The molecule has 0 spiro atoms. The summed E-state index contributed by atoms with van der Waals surface area (Å²) in [6.45, 7) is 5.78. The van der Waals surface area contributed by atoms with E-state index in [9.17, 15) is 9.90 Å². The second kappa shape index (κ2) is 7.90. The Labute approximate surface area is 121 Å². The predicted octanol–water partition coefficient (Wildman–Crippen LogP) is 2.25. The molecular weight excluding hydrogens is 254 g/mol. The molecule has 0 radical (unpaired) electrons. The SMILES string of the molecule is CC(O)CCc1ccc(OCC(=O)N(C)C(C)C)cc1. The van der Waals surface area contributed by atoms with E-state index in [1.807, 2.05) is 38.1 Å². The number of hydrogen-bond donors (Lipinski definition) is 1. The fraction of sp³-hybridized carbons (Fsp3) is 0.562. The first-order valence-electron chi connectivity index (χ1n) is 7.05. The lowest BCUT2D eigenvalue weighted by molar-refractivity contribution is -0.133. The van der Waals surface area contributed by atoms with E-state index in [4.69, 9.17) is 4.74 Å². The van der Waals surface area contributed by atoms with E-state index in [0.29, 0.717) is 5.75 Å². The smallest absolute Gasteiger partial charge is 0.260 e. The Balaban J connectivity index is 2.44. The lowest BCUT2D eigenvalue weighted by Gasteiger charge is -2.21. The van der Waals surface area contributed by atoms with E-state index in [1.54, 1.807) is 18.9 Å². The van der Waals surface area contributed by atoms with Crippen molar-refractivity contribution in [2.24, 2.45) is 0 Å². The van der Waals surface area contributed by atoms with Crippen molar-refractivity contribution in [2.75, 3.05) is 13.7 Å². The quantitative estimate of drug-likeness (QED) is 0.833. The largest absolute Gasteiger partial charge is 0.484 e. The summed E-state index contributed by atoms with van der Waals surface area (Å²) in [5, 5.41) is 9.24. The summed E-state index contributed by atoms with van der Waals surface area (Å²) in [6, 6.07) is 7.83. The van der Waals surface area contributed by atoms with E-state index in [1.165, 1.54) is 0 Å². The summed E-state index contributed by atoms with van der Waals surface area (Å²) in [7, 11) is 1.77. The maximum Gasteiger partial charge on any atom is 0.260 e. The van der Waals surface area contributed by atoms with Gasteiger partial charge < -0.3 is 14.7 Å². The van der Waals surface area contributed by atoms with Crippen LogP contribution in [0.2, 0.25) is 0 Å². The molecule has 0 aliphatic carbocycles. The Bertz CT molecular complexity index is 412. The summed E-state index contributed by atoms with van der Waals surface area (Å²) in [5.74, 6) is 0.662. The summed E-state index contributed by atoms with van der Waals surface area (Å²) in [6.07, 6.45) is 1.31. The molecule has 20 heavy (non-hydrogen) atoms. The zero-order chi connectivity index (χ0) is 15.1. The number of carbonyl (C=O) groups excluding carboxylic acids is 1. The van der Waals surface area contributed by atoms with Gasteiger partial charge in [-0.15, -0.1) is 0 Å². The van der Waals surface area contributed by atoms with Crippen LogP contribution in [0.15, 0.2) is 24.3 Å². The van der Waals surface area contributed by atoms with Gasteiger partial charge in [-0.1, -0.05) is 12.1 Å². The Hall–Kier alpha value is -1.55. The maximum absolute atomic E-state index is 11.8. The summed E-state index contributed by atoms with van der Waals surface area (Å²) in [5.41, 5.74) is 1.16. The summed E-state index contributed by atoms with van der Waals surface area (Å²) >= 11 is 0. The van der Waals surface area contributed by atoms with Gasteiger partial charge in [0, 0.05) is 13.1 Å². The number of aliphatic hydroxyl groups is 1. The topological polar surface area (TPSA) is 49.8 Å². The van der Waals surface area contributed by atoms with Crippen LogP contribution < -0.4 is 4.74 Å². The molecule has 0 aliphatic rings. The molecule has 1 aromatic rings. The maximum atomic E-state index is 11.8. The molecule has 0 saturated carbocycles. The number of aliphatic hydroxyl groups excluding tert-OH is 1. The molecule has 1 N–H and O–H groups in total. The Morgan fingerprint density at radius 2 is 1.85 bits per heavy atom. The molecule has 0 aromatic heterocycles. The molecule has 4 heteroatoms. The first kappa shape index (κ1) is 16.5. The van der Waals surface area contributed by atoms with Crippen LogP contribution >= 0.6 is 0 Å². The molecule has 1 amide bonds. The molecule has 1 rings (SSSR count). The van der Waals surface area contributed by atoms with Gasteiger partial charge in [0.05, 0.1) is 6.10 Å². The Kier molecular flexibility index (Phi) is 6.52. The van der Waals surface area contributed by atoms with Crippen LogP contribution in [0.5, 0.6) is 5.75 Å². The molecule has 0 bridgehead atoms. The number of amides is 1. The highest BCUT2D eigenvalue weighted by Gasteiger charge is 2.12. The van der Waals surface area contributed by atoms with Crippen LogP contribution in [0.4, 0.5) is 0 Å². The number of carbonyl (C=O) groups is 1. The van der Waals surface area contributed by atoms with Crippen LogP contribution in [-0.4, -0.2) is 41.7 Å². The molecule has 112 valence electrons. The second-order valence-electron chi connectivity index (χ2n) is 5.42. The standard InChI is InChI=1S/C16H25NO3/c1-12(2)17(4)16(19)11-20-15-9-7-14(8-10-15)6-5-13(3)18/h7-10,12-13,18H,5-6,11H2,1-4H3. The molecule has 1 atom stereocenters. The minimum Gasteiger partial charge on any atom is -0.484 e. The molecule has 0 heterocycles. The molecule has 0 fully saturated rings. The predicted molar refractivity (Wildman–Crippen MR) is 79.8 cm³/mol. The van der Waals surface area contributed by atoms with Crippen LogP contribution in [-0.2, 0) is 11.2 Å². The van der Waals surface area contributed by atoms with Gasteiger partial charge in [0.15, 0.2) is 6.61 Å². The fourth-order valence-electron chi connectivity index (χ4n) is 1.66. The zero-order valence-corrected chi connectivity index (χ0v) is 12.8. The average molecular weight is 279 g/mol. The van der Waals surface area contributed by atoms with Crippen molar-refractivity contribution in [3.05, 3.63) is 29.8 Å². The van der Waals surface area contributed by atoms with Crippen molar-refractivity contribution in [1.29, 1.82) is 0 Å². The van der Waals surface area contributed by atoms with Gasteiger partial charge in [-0.3, -0.25) is 4.79 Å². The van der Waals surface area contributed by atoms with Gasteiger partial charge in [-0.2, -0.15) is 0 Å². The van der Waals surface area contributed by atoms with E-state index in [2.05, 4.69) is 0 Å². The number of nitrogens with zero attached hydrogens (tertiary/aromatic N) is 1. The monoisotopic (exact) mass is 279 g/mol. The number of ether oxygens (including phenoxy) is 1. The second-order valence-corrected chi connectivity index (χ2v) is 5.42. The fourth-order valence-corrected chi connectivity index (χ4v) is 1.66. The first-order chi connectivity index (χ1) is 9.40.